The molecule has 1 aliphatic rings. The van der Waals surface area contributed by atoms with E-state index in [4.69, 9.17) is 14.0 Å². The average molecular weight is 450 g/mol. The molecular weight excluding hydrogens is 418 g/mol. The number of ether oxygens (including phenoxy) is 2. The van der Waals surface area contributed by atoms with E-state index in [1.807, 2.05) is 41.3 Å². The summed E-state index contributed by atoms with van der Waals surface area (Å²) in [5, 5.41) is 4.46. The van der Waals surface area contributed by atoms with Gasteiger partial charge in [-0.2, -0.15) is 0 Å². The maximum Gasteiger partial charge on any atom is 0.257 e. The van der Waals surface area contributed by atoms with Gasteiger partial charge in [0.05, 0.1) is 38.0 Å². The van der Waals surface area contributed by atoms with Gasteiger partial charge in [0.2, 0.25) is 5.88 Å². The van der Waals surface area contributed by atoms with Crippen LogP contribution in [0.15, 0.2) is 53.1 Å². The maximum absolute atomic E-state index is 13.6. The highest BCUT2D eigenvalue weighted by atomic mass is 16.5. The molecule has 0 atom stereocenters. The predicted molar refractivity (Wildman–Crippen MR) is 128 cm³/mol. The smallest absolute Gasteiger partial charge is 0.257 e. The molecule has 2 aromatic carbocycles. The van der Waals surface area contributed by atoms with Crippen LogP contribution in [0.1, 0.15) is 34.8 Å². The molecule has 2 heterocycles. The van der Waals surface area contributed by atoms with Crippen LogP contribution in [-0.4, -0.2) is 55.9 Å². The molecule has 7 heteroatoms. The van der Waals surface area contributed by atoms with Gasteiger partial charge >= 0.3 is 0 Å². The number of aryl methyl sites for hydroxylation is 1. The molecule has 0 spiro atoms. The highest BCUT2D eigenvalue weighted by Gasteiger charge is 2.28. The van der Waals surface area contributed by atoms with E-state index in [1.54, 1.807) is 7.11 Å². The SMILES string of the molecule is CCCN(Cc1c(-c2cccc(C)c2)noc1N1CCOCC1)C(=O)c1ccccc1OC. The summed E-state index contributed by atoms with van der Waals surface area (Å²) in [6.07, 6.45) is 0.832. The van der Waals surface area contributed by atoms with E-state index in [1.165, 1.54) is 0 Å². The minimum atomic E-state index is -0.0707. The van der Waals surface area contributed by atoms with E-state index in [-0.39, 0.29) is 5.91 Å². The summed E-state index contributed by atoms with van der Waals surface area (Å²) in [6.45, 7) is 7.86. The van der Waals surface area contributed by atoms with Crippen LogP contribution >= 0.6 is 0 Å². The Kier molecular flexibility index (Phi) is 7.29. The molecule has 1 fully saturated rings. The lowest BCUT2D eigenvalue weighted by atomic mass is 10.0. The molecule has 0 unspecified atom stereocenters. The number of para-hydroxylation sites is 1. The second-order valence-electron chi connectivity index (χ2n) is 8.21. The number of carbonyl (C=O) groups excluding carboxylic acids is 1. The summed E-state index contributed by atoms with van der Waals surface area (Å²) in [7, 11) is 1.59. The largest absolute Gasteiger partial charge is 0.496 e. The van der Waals surface area contributed by atoms with Gasteiger partial charge in [0.15, 0.2) is 0 Å². The number of hydrogen-bond acceptors (Lipinski definition) is 6. The summed E-state index contributed by atoms with van der Waals surface area (Å²) in [6, 6.07) is 15.5. The number of nitrogens with zero attached hydrogens (tertiary/aromatic N) is 3. The Hall–Kier alpha value is -3.32. The molecule has 174 valence electrons. The number of carbonyl (C=O) groups is 1. The summed E-state index contributed by atoms with van der Waals surface area (Å²) >= 11 is 0. The first-order valence-electron chi connectivity index (χ1n) is 11.4. The number of benzene rings is 2. The lowest BCUT2D eigenvalue weighted by Crippen LogP contribution is -2.37. The standard InChI is InChI=1S/C26H31N3O4/c1-4-12-29(25(30)21-10-5-6-11-23(21)31-3)18-22-24(20-9-7-8-19(2)17-20)27-33-26(22)28-13-15-32-16-14-28/h5-11,17H,4,12-16,18H2,1-3H3. The van der Waals surface area contributed by atoms with E-state index < -0.39 is 0 Å². The lowest BCUT2D eigenvalue weighted by molar-refractivity contribution is 0.0739. The van der Waals surface area contributed by atoms with Gasteiger partial charge in [-0.25, -0.2) is 0 Å². The minimum Gasteiger partial charge on any atom is -0.496 e. The minimum absolute atomic E-state index is 0.0707. The normalized spacial score (nSPS) is 13.7. The zero-order valence-corrected chi connectivity index (χ0v) is 19.5. The third-order valence-electron chi connectivity index (χ3n) is 5.82. The predicted octanol–water partition coefficient (Wildman–Crippen LogP) is 4.55. The van der Waals surface area contributed by atoms with Gasteiger partial charge < -0.3 is 23.8 Å². The summed E-state index contributed by atoms with van der Waals surface area (Å²) in [5.41, 5.74) is 4.36. The Bertz CT molecular complexity index is 1090. The first-order chi connectivity index (χ1) is 16.1. The molecule has 1 saturated heterocycles. The van der Waals surface area contributed by atoms with Crippen molar-refractivity contribution in [1.82, 2.24) is 10.1 Å². The van der Waals surface area contributed by atoms with E-state index in [0.717, 1.165) is 41.9 Å². The fourth-order valence-electron chi connectivity index (χ4n) is 4.18. The first kappa shape index (κ1) is 22.9. The number of hydrogen-bond donors (Lipinski definition) is 0. The van der Waals surface area contributed by atoms with Gasteiger partial charge in [-0.1, -0.05) is 48.0 Å². The molecule has 1 aliphatic heterocycles. The van der Waals surface area contributed by atoms with Gasteiger partial charge in [0.1, 0.15) is 11.4 Å². The molecule has 7 nitrogen and oxygen atoms in total. The average Bonchev–Trinajstić information content (AvgIpc) is 3.27. The van der Waals surface area contributed by atoms with Crippen LogP contribution in [0.4, 0.5) is 5.88 Å². The molecule has 3 aromatic rings. The van der Waals surface area contributed by atoms with Crippen LogP contribution in [-0.2, 0) is 11.3 Å². The van der Waals surface area contributed by atoms with Crippen molar-refractivity contribution in [3.63, 3.8) is 0 Å². The van der Waals surface area contributed by atoms with Crippen LogP contribution < -0.4 is 9.64 Å². The number of aromatic nitrogens is 1. The van der Waals surface area contributed by atoms with Gasteiger partial charge in [-0.15, -0.1) is 0 Å². The topological polar surface area (TPSA) is 68.0 Å². The third-order valence-corrected chi connectivity index (χ3v) is 5.82. The molecule has 33 heavy (non-hydrogen) atoms. The first-order valence-corrected chi connectivity index (χ1v) is 11.4. The van der Waals surface area contributed by atoms with Crippen molar-refractivity contribution in [2.24, 2.45) is 0 Å². The molecule has 0 saturated carbocycles. The Morgan fingerprint density at radius 3 is 2.67 bits per heavy atom. The Labute approximate surface area is 194 Å². The van der Waals surface area contributed by atoms with E-state index in [9.17, 15) is 4.79 Å². The Balaban J connectivity index is 1.74. The van der Waals surface area contributed by atoms with Crippen molar-refractivity contribution in [2.45, 2.75) is 26.8 Å². The van der Waals surface area contributed by atoms with E-state index in [2.05, 4.69) is 36.0 Å². The van der Waals surface area contributed by atoms with Crippen LogP contribution in [0.2, 0.25) is 0 Å². The van der Waals surface area contributed by atoms with Crippen LogP contribution in [0, 0.1) is 6.92 Å². The summed E-state index contributed by atoms with van der Waals surface area (Å²) < 4.78 is 16.9. The molecule has 0 N–H and O–H groups in total. The molecule has 4 rings (SSSR count). The van der Waals surface area contributed by atoms with Gasteiger partial charge in [0.25, 0.3) is 5.91 Å². The fraction of sp³-hybridized carbons (Fsp3) is 0.385. The highest BCUT2D eigenvalue weighted by Crippen LogP contribution is 2.34. The fourth-order valence-corrected chi connectivity index (χ4v) is 4.18. The number of anilines is 1. The molecule has 1 aromatic heterocycles. The van der Waals surface area contributed by atoms with Crippen molar-refractivity contribution in [1.29, 1.82) is 0 Å². The zero-order chi connectivity index (χ0) is 23.2. The van der Waals surface area contributed by atoms with Gasteiger partial charge in [-0.05, 0) is 31.5 Å². The quantitative estimate of drug-likeness (QED) is 0.503. The van der Waals surface area contributed by atoms with Gasteiger partial charge in [0, 0.05) is 25.2 Å². The Morgan fingerprint density at radius 2 is 1.94 bits per heavy atom. The molecule has 1 amide bonds. The second kappa shape index (κ2) is 10.5. The number of morpholine rings is 1. The number of methoxy groups -OCH3 is 1. The van der Waals surface area contributed by atoms with Crippen molar-refractivity contribution in [2.75, 3.05) is 44.9 Å². The van der Waals surface area contributed by atoms with Gasteiger partial charge in [-0.3, -0.25) is 4.79 Å². The molecule has 0 radical (unpaired) electrons. The second-order valence-corrected chi connectivity index (χ2v) is 8.21. The number of rotatable bonds is 8. The molecule has 0 aliphatic carbocycles. The number of amides is 1. The van der Waals surface area contributed by atoms with Crippen molar-refractivity contribution >= 4 is 11.8 Å². The highest BCUT2D eigenvalue weighted by molar-refractivity contribution is 5.97. The van der Waals surface area contributed by atoms with Crippen molar-refractivity contribution < 1.29 is 18.8 Å². The van der Waals surface area contributed by atoms with E-state index in [0.29, 0.717) is 43.5 Å². The Morgan fingerprint density at radius 1 is 1.15 bits per heavy atom. The lowest BCUT2D eigenvalue weighted by Gasteiger charge is -2.28. The van der Waals surface area contributed by atoms with Crippen molar-refractivity contribution in [3.8, 4) is 17.0 Å². The van der Waals surface area contributed by atoms with Crippen LogP contribution in [0.5, 0.6) is 5.75 Å². The molecular formula is C26H31N3O4. The summed E-state index contributed by atoms with van der Waals surface area (Å²) in [4.78, 5) is 17.6. The van der Waals surface area contributed by atoms with Crippen LogP contribution in [0.25, 0.3) is 11.3 Å². The third kappa shape index (κ3) is 5.03. The van der Waals surface area contributed by atoms with Crippen LogP contribution in [0.3, 0.4) is 0 Å². The maximum atomic E-state index is 13.6. The van der Waals surface area contributed by atoms with Crippen molar-refractivity contribution in [3.05, 3.63) is 65.2 Å². The monoisotopic (exact) mass is 449 g/mol. The summed E-state index contributed by atoms with van der Waals surface area (Å²) in [5.74, 6) is 1.21. The zero-order valence-electron chi connectivity index (χ0n) is 19.5. The van der Waals surface area contributed by atoms with E-state index >= 15 is 0 Å². The molecule has 0 bridgehead atoms.